The second-order valence-corrected chi connectivity index (χ2v) is 5.90. The van der Waals surface area contributed by atoms with Gasteiger partial charge in [-0.15, -0.1) is 0 Å². The molecule has 0 aliphatic carbocycles. The highest BCUT2D eigenvalue weighted by molar-refractivity contribution is 5.93. The SMILES string of the molecule is COc1ccc(C[NH+](C)[C@@H](C)C(=O)Nc2cccc(C#N)c2)cc1F. The van der Waals surface area contributed by atoms with Crippen LogP contribution in [0.2, 0.25) is 0 Å². The van der Waals surface area contributed by atoms with Crippen LogP contribution in [0.15, 0.2) is 42.5 Å². The van der Waals surface area contributed by atoms with Crippen molar-refractivity contribution in [3.05, 3.63) is 59.4 Å². The molecule has 0 heterocycles. The van der Waals surface area contributed by atoms with Crippen molar-refractivity contribution in [2.45, 2.75) is 19.5 Å². The third-order valence-electron chi connectivity index (χ3n) is 4.09. The van der Waals surface area contributed by atoms with E-state index in [2.05, 4.69) is 5.32 Å². The van der Waals surface area contributed by atoms with E-state index in [1.807, 2.05) is 13.1 Å². The van der Waals surface area contributed by atoms with E-state index in [0.717, 1.165) is 10.5 Å². The Labute approximate surface area is 146 Å². The molecule has 0 saturated carbocycles. The summed E-state index contributed by atoms with van der Waals surface area (Å²) in [4.78, 5) is 13.3. The monoisotopic (exact) mass is 342 g/mol. The summed E-state index contributed by atoms with van der Waals surface area (Å²) in [5.74, 6) is -0.385. The fourth-order valence-corrected chi connectivity index (χ4v) is 2.44. The van der Waals surface area contributed by atoms with Crippen LogP contribution >= 0.6 is 0 Å². The molecule has 0 spiro atoms. The van der Waals surface area contributed by atoms with E-state index in [4.69, 9.17) is 10.00 Å². The van der Waals surface area contributed by atoms with Crippen molar-refractivity contribution >= 4 is 11.6 Å². The third-order valence-corrected chi connectivity index (χ3v) is 4.09. The number of rotatable bonds is 6. The fourth-order valence-electron chi connectivity index (χ4n) is 2.44. The Hall–Kier alpha value is -2.91. The molecule has 0 fully saturated rings. The van der Waals surface area contributed by atoms with Crippen LogP contribution in [0, 0.1) is 17.1 Å². The van der Waals surface area contributed by atoms with Crippen LogP contribution in [0.25, 0.3) is 0 Å². The number of nitriles is 1. The molecule has 2 aromatic rings. The van der Waals surface area contributed by atoms with E-state index in [1.165, 1.54) is 13.2 Å². The van der Waals surface area contributed by atoms with Gasteiger partial charge >= 0.3 is 0 Å². The molecule has 25 heavy (non-hydrogen) atoms. The number of nitrogens with one attached hydrogen (secondary N) is 2. The van der Waals surface area contributed by atoms with Gasteiger partial charge in [-0.2, -0.15) is 5.26 Å². The number of halogens is 1. The number of carbonyl (C=O) groups excluding carboxylic acids is 1. The van der Waals surface area contributed by atoms with Crippen molar-refractivity contribution in [2.24, 2.45) is 0 Å². The summed E-state index contributed by atoms with van der Waals surface area (Å²) in [6, 6.07) is 13.2. The summed E-state index contributed by atoms with van der Waals surface area (Å²) >= 11 is 0. The van der Waals surface area contributed by atoms with Gasteiger partial charge < -0.3 is 15.0 Å². The lowest BCUT2D eigenvalue weighted by Crippen LogP contribution is -3.12. The van der Waals surface area contributed by atoms with E-state index in [0.29, 0.717) is 17.8 Å². The quantitative estimate of drug-likeness (QED) is 0.840. The Bertz CT molecular complexity index is 801. The number of anilines is 1. The van der Waals surface area contributed by atoms with Gasteiger partial charge in [0.25, 0.3) is 5.91 Å². The van der Waals surface area contributed by atoms with Gasteiger partial charge in [-0.1, -0.05) is 6.07 Å². The van der Waals surface area contributed by atoms with Crippen LogP contribution in [-0.4, -0.2) is 26.1 Å². The Morgan fingerprint density at radius 2 is 2.12 bits per heavy atom. The lowest BCUT2D eigenvalue weighted by Gasteiger charge is -2.21. The lowest BCUT2D eigenvalue weighted by atomic mass is 10.1. The molecular formula is C19H21FN3O2+. The van der Waals surface area contributed by atoms with Gasteiger partial charge in [0.15, 0.2) is 17.6 Å². The summed E-state index contributed by atoms with van der Waals surface area (Å²) in [5.41, 5.74) is 1.85. The van der Waals surface area contributed by atoms with Crippen molar-refractivity contribution in [3.63, 3.8) is 0 Å². The molecule has 0 aliphatic rings. The number of hydrogen-bond donors (Lipinski definition) is 2. The molecule has 0 radical (unpaired) electrons. The predicted octanol–water partition coefficient (Wildman–Crippen LogP) is 1.75. The lowest BCUT2D eigenvalue weighted by molar-refractivity contribution is -0.907. The van der Waals surface area contributed by atoms with E-state index >= 15 is 0 Å². The number of likely N-dealkylation sites (N-methyl/N-ethyl adjacent to an activating group) is 1. The van der Waals surface area contributed by atoms with Crippen LogP contribution < -0.4 is 15.0 Å². The van der Waals surface area contributed by atoms with Crippen molar-refractivity contribution < 1.29 is 18.8 Å². The van der Waals surface area contributed by atoms with Crippen LogP contribution in [0.1, 0.15) is 18.1 Å². The highest BCUT2D eigenvalue weighted by Gasteiger charge is 2.22. The molecule has 0 aromatic heterocycles. The minimum Gasteiger partial charge on any atom is -0.494 e. The van der Waals surface area contributed by atoms with Gasteiger partial charge in [-0.25, -0.2) is 4.39 Å². The topological polar surface area (TPSA) is 66.6 Å². The second-order valence-electron chi connectivity index (χ2n) is 5.90. The third kappa shape index (κ3) is 4.78. The highest BCUT2D eigenvalue weighted by atomic mass is 19.1. The normalized spacial score (nSPS) is 12.8. The summed E-state index contributed by atoms with van der Waals surface area (Å²) in [7, 11) is 3.29. The van der Waals surface area contributed by atoms with E-state index in [1.54, 1.807) is 43.3 Å². The van der Waals surface area contributed by atoms with E-state index < -0.39 is 5.82 Å². The van der Waals surface area contributed by atoms with Crippen LogP contribution in [-0.2, 0) is 11.3 Å². The van der Waals surface area contributed by atoms with Crippen molar-refractivity contribution in [2.75, 3.05) is 19.5 Å². The highest BCUT2D eigenvalue weighted by Crippen LogP contribution is 2.17. The Morgan fingerprint density at radius 3 is 2.76 bits per heavy atom. The zero-order chi connectivity index (χ0) is 18.4. The van der Waals surface area contributed by atoms with Gasteiger partial charge in [0.1, 0.15) is 6.54 Å². The maximum atomic E-state index is 13.8. The van der Waals surface area contributed by atoms with Crippen molar-refractivity contribution in [1.29, 1.82) is 5.26 Å². The molecule has 130 valence electrons. The molecule has 1 unspecified atom stereocenters. The minimum atomic E-state index is -0.418. The van der Waals surface area contributed by atoms with E-state index in [9.17, 15) is 9.18 Å². The fraction of sp³-hybridized carbons (Fsp3) is 0.263. The maximum Gasteiger partial charge on any atom is 0.282 e. The number of benzene rings is 2. The number of nitrogens with zero attached hydrogens (tertiary/aromatic N) is 1. The summed E-state index contributed by atoms with van der Waals surface area (Å²) in [5, 5.41) is 11.7. The number of hydrogen-bond acceptors (Lipinski definition) is 3. The molecule has 2 rings (SSSR count). The standard InChI is InChI=1S/C19H20FN3O2/c1-13(19(24)22-16-6-4-5-14(9-16)11-21)23(2)12-15-7-8-18(25-3)17(20)10-15/h4-10,13H,12H2,1-3H3,(H,22,24)/p+1/t13-/m0/s1. The first-order chi connectivity index (χ1) is 11.9. The van der Waals surface area contributed by atoms with E-state index in [-0.39, 0.29) is 17.7 Å². The first kappa shape index (κ1) is 18.4. The van der Waals surface area contributed by atoms with Gasteiger partial charge in [0.05, 0.1) is 25.8 Å². The summed E-state index contributed by atoms with van der Waals surface area (Å²) < 4.78 is 18.7. The molecule has 5 nitrogen and oxygen atoms in total. The number of ether oxygens (including phenoxy) is 1. The maximum absolute atomic E-state index is 13.8. The zero-order valence-electron chi connectivity index (χ0n) is 14.5. The molecule has 2 N–H and O–H groups in total. The molecule has 1 amide bonds. The molecule has 0 saturated heterocycles. The molecule has 2 atom stereocenters. The number of quaternary nitrogens is 1. The number of carbonyl (C=O) groups is 1. The smallest absolute Gasteiger partial charge is 0.282 e. The van der Waals surface area contributed by atoms with Gasteiger partial charge in [0.2, 0.25) is 0 Å². The summed E-state index contributed by atoms with van der Waals surface area (Å²) in [6.45, 7) is 2.30. The van der Waals surface area contributed by atoms with Gasteiger partial charge in [-0.05, 0) is 43.3 Å². The second kappa shape index (κ2) is 8.27. The predicted molar refractivity (Wildman–Crippen MR) is 92.8 cm³/mol. The molecule has 2 aromatic carbocycles. The Morgan fingerprint density at radius 1 is 1.36 bits per heavy atom. The Balaban J connectivity index is 2.01. The van der Waals surface area contributed by atoms with Gasteiger partial charge in [-0.3, -0.25) is 4.79 Å². The average Bonchev–Trinajstić information content (AvgIpc) is 2.61. The number of amides is 1. The molecule has 6 heteroatoms. The van der Waals surface area contributed by atoms with Crippen LogP contribution in [0.3, 0.4) is 0 Å². The molecular weight excluding hydrogens is 321 g/mol. The van der Waals surface area contributed by atoms with Crippen molar-refractivity contribution in [3.8, 4) is 11.8 Å². The molecule has 0 aliphatic heterocycles. The summed E-state index contributed by atoms with van der Waals surface area (Å²) in [6.07, 6.45) is 0. The first-order valence-electron chi connectivity index (χ1n) is 7.90. The van der Waals surface area contributed by atoms with Crippen LogP contribution in [0.4, 0.5) is 10.1 Å². The van der Waals surface area contributed by atoms with Crippen LogP contribution in [0.5, 0.6) is 5.75 Å². The first-order valence-corrected chi connectivity index (χ1v) is 7.90. The number of methoxy groups -OCH3 is 1. The van der Waals surface area contributed by atoms with Gasteiger partial charge in [0, 0.05) is 11.3 Å². The minimum absolute atomic E-state index is 0.165. The zero-order valence-corrected chi connectivity index (χ0v) is 14.5. The average molecular weight is 342 g/mol. The van der Waals surface area contributed by atoms with Crippen molar-refractivity contribution in [1.82, 2.24) is 0 Å². The molecule has 0 bridgehead atoms. The largest absolute Gasteiger partial charge is 0.494 e. The Kier molecular flexibility index (Phi) is 6.09.